The molecule has 0 bridgehead atoms. The SMILES string of the molecule is NCc1nc(C(=O)Nc2ccccc2C(F)(F)F)cs1. The topological polar surface area (TPSA) is 68.0 Å². The van der Waals surface area contributed by atoms with Gasteiger partial charge in [0.25, 0.3) is 5.91 Å². The number of carbonyl (C=O) groups is 1. The number of nitrogens with zero attached hydrogens (tertiary/aromatic N) is 1. The van der Waals surface area contributed by atoms with Gasteiger partial charge in [0, 0.05) is 11.9 Å². The Morgan fingerprint density at radius 2 is 2.05 bits per heavy atom. The third-order valence-electron chi connectivity index (χ3n) is 2.44. The number of benzene rings is 1. The Balaban J connectivity index is 2.24. The van der Waals surface area contributed by atoms with E-state index in [9.17, 15) is 18.0 Å². The molecule has 1 amide bonds. The highest BCUT2D eigenvalue weighted by molar-refractivity contribution is 7.09. The number of hydrogen-bond acceptors (Lipinski definition) is 4. The van der Waals surface area contributed by atoms with Crippen LogP contribution in [0.2, 0.25) is 0 Å². The quantitative estimate of drug-likeness (QED) is 0.916. The predicted octanol–water partition coefficient (Wildman–Crippen LogP) is 2.87. The van der Waals surface area contributed by atoms with E-state index in [1.54, 1.807) is 0 Å². The molecular formula is C12H10F3N3OS. The molecule has 0 aliphatic carbocycles. The standard InChI is InChI=1S/C12H10F3N3OS/c13-12(14,15)7-3-1-2-4-8(7)18-11(19)9-6-20-10(5-16)17-9/h1-4,6H,5,16H2,(H,18,19). The largest absolute Gasteiger partial charge is 0.418 e. The highest BCUT2D eigenvalue weighted by Gasteiger charge is 2.33. The molecule has 0 atom stereocenters. The molecule has 4 nitrogen and oxygen atoms in total. The van der Waals surface area contributed by atoms with Crippen LogP contribution in [0.3, 0.4) is 0 Å². The fraction of sp³-hybridized carbons (Fsp3) is 0.167. The van der Waals surface area contributed by atoms with Crippen LogP contribution < -0.4 is 11.1 Å². The van der Waals surface area contributed by atoms with E-state index in [0.29, 0.717) is 5.01 Å². The van der Waals surface area contributed by atoms with Gasteiger partial charge < -0.3 is 11.1 Å². The Labute approximate surface area is 116 Å². The van der Waals surface area contributed by atoms with Gasteiger partial charge in [-0.25, -0.2) is 4.98 Å². The van der Waals surface area contributed by atoms with Crippen molar-refractivity contribution in [3.05, 3.63) is 45.9 Å². The number of nitrogens with two attached hydrogens (primary N) is 1. The summed E-state index contributed by atoms with van der Waals surface area (Å²) in [6, 6.07) is 4.77. The molecule has 0 saturated heterocycles. The molecule has 1 aromatic heterocycles. The molecular weight excluding hydrogens is 291 g/mol. The third kappa shape index (κ3) is 3.14. The van der Waals surface area contributed by atoms with Crippen LogP contribution in [-0.4, -0.2) is 10.9 Å². The summed E-state index contributed by atoms with van der Waals surface area (Å²) in [4.78, 5) is 15.8. The molecule has 106 valence electrons. The minimum Gasteiger partial charge on any atom is -0.325 e. The zero-order valence-corrected chi connectivity index (χ0v) is 10.9. The molecule has 8 heteroatoms. The lowest BCUT2D eigenvalue weighted by atomic mass is 10.1. The maximum Gasteiger partial charge on any atom is 0.418 e. The van der Waals surface area contributed by atoms with Crippen LogP contribution in [0.15, 0.2) is 29.6 Å². The average molecular weight is 301 g/mol. The van der Waals surface area contributed by atoms with Crippen molar-refractivity contribution in [2.75, 3.05) is 5.32 Å². The second kappa shape index (κ2) is 5.59. The summed E-state index contributed by atoms with van der Waals surface area (Å²) in [6.45, 7) is 0.178. The smallest absolute Gasteiger partial charge is 0.325 e. The van der Waals surface area contributed by atoms with Crippen molar-refractivity contribution in [1.29, 1.82) is 0 Å². The number of rotatable bonds is 3. The first-order chi connectivity index (χ1) is 9.41. The lowest BCUT2D eigenvalue weighted by Gasteiger charge is -2.12. The summed E-state index contributed by atoms with van der Waals surface area (Å²) in [5, 5.41) is 4.21. The molecule has 0 radical (unpaired) electrons. The molecule has 0 fully saturated rings. The van der Waals surface area contributed by atoms with E-state index in [-0.39, 0.29) is 17.9 Å². The zero-order valence-electron chi connectivity index (χ0n) is 10.1. The summed E-state index contributed by atoms with van der Waals surface area (Å²) in [5.74, 6) is -0.697. The molecule has 20 heavy (non-hydrogen) atoms. The number of nitrogens with one attached hydrogen (secondary N) is 1. The van der Waals surface area contributed by atoms with E-state index in [1.807, 2.05) is 0 Å². The van der Waals surface area contributed by atoms with Crippen LogP contribution in [0.1, 0.15) is 21.1 Å². The maximum atomic E-state index is 12.8. The number of para-hydroxylation sites is 1. The molecule has 0 aliphatic rings. The van der Waals surface area contributed by atoms with Crippen LogP contribution in [0.4, 0.5) is 18.9 Å². The molecule has 3 N–H and O–H groups in total. The van der Waals surface area contributed by atoms with Crippen LogP contribution in [0.25, 0.3) is 0 Å². The lowest BCUT2D eigenvalue weighted by molar-refractivity contribution is -0.136. The van der Waals surface area contributed by atoms with Crippen molar-refractivity contribution in [3.63, 3.8) is 0 Å². The van der Waals surface area contributed by atoms with E-state index < -0.39 is 17.6 Å². The molecule has 0 saturated carbocycles. The average Bonchev–Trinajstić information content (AvgIpc) is 2.87. The van der Waals surface area contributed by atoms with Gasteiger partial charge in [0.05, 0.1) is 11.3 Å². The van der Waals surface area contributed by atoms with Gasteiger partial charge in [0.2, 0.25) is 0 Å². The predicted molar refractivity (Wildman–Crippen MR) is 69.4 cm³/mol. The van der Waals surface area contributed by atoms with Crippen LogP contribution >= 0.6 is 11.3 Å². The Bertz CT molecular complexity index is 624. The minimum atomic E-state index is -4.53. The Morgan fingerprint density at radius 3 is 2.65 bits per heavy atom. The third-order valence-corrected chi connectivity index (χ3v) is 3.31. The lowest BCUT2D eigenvalue weighted by Crippen LogP contribution is -2.17. The van der Waals surface area contributed by atoms with Gasteiger partial charge in [0.1, 0.15) is 10.7 Å². The van der Waals surface area contributed by atoms with Crippen molar-refractivity contribution in [3.8, 4) is 0 Å². The fourth-order valence-corrected chi connectivity index (χ4v) is 2.19. The molecule has 2 rings (SSSR count). The van der Waals surface area contributed by atoms with E-state index in [0.717, 1.165) is 6.07 Å². The highest BCUT2D eigenvalue weighted by atomic mass is 32.1. The Hall–Kier alpha value is -1.93. The number of hydrogen-bond donors (Lipinski definition) is 2. The second-order valence-corrected chi connectivity index (χ2v) is 4.77. The van der Waals surface area contributed by atoms with Crippen molar-refractivity contribution < 1.29 is 18.0 Å². The second-order valence-electron chi connectivity index (χ2n) is 3.83. The Morgan fingerprint density at radius 1 is 1.35 bits per heavy atom. The molecule has 2 aromatic rings. The summed E-state index contributed by atoms with van der Waals surface area (Å²) in [6.07, 6.45) is -4.53. The normalized spacial score (nSPS) is 11.4. The Kier molecular flexibility index (Phi) is 4.05. The van der Waals surface area contributed by atoms with E-state index in [1.165, 1.54) is 34.9 Å². The van der Waals surface area contributed by atoms with Crippen molar-refractivity contribution >= 4 is 22.9 Å². The molecule has 0 spiro atoms. The number of aromatic nitrogens is 1. The van der Waals surface area contributed by atoms with Crippen LogP contribution in [0, 0.1) is 0 Å². The van der Waals surface area contributed by atoms with E-state index in [4.69, 9.17) is 5.73 Å². The number of halogens is 3. The summed E-state index contributed by atoms with van der Waals surface area (Å²) in [5.41, 5.74) is 4.21. The van der Waals surface area contributed by atoms with E-state index >= 15 is 0 Å². The van der Waals surface area contributed by atoms with Gasteiger partial charge in [-0.15, -0.1) is 11.3 Å². The van der Waals surface area contributed by atoms with E-state index in [2.05, 4.69) is 10.3 Å². The number of alkyl halides is 3. The van der Waals surface area contributed by atoms with Crippen molar-refractivity contribution in [2.24, 2.45) is 5.73 Å². The zero-order chi connectivity index (χ0) is 14.8. The van der Waals surface area contributed by atoms with Gasteiger partial charge in [-0.05, 0) is 12.1 Å². The summed E-state index contributed by atoms with van der Waals surface area (Å²) in [7, 11) is 0. The number of amides is 1. The van der Waals surface area contributed by atoms with Gasteiger partial charge >= 0.3 is 6.18 Å². The molecule has 0 aliphatic heterocycles. The summed E-state index contributed by atoms with van der Waals surface area (Å²) >= 11 is 1.18. The maximum absolute atomic E-state index is 12.8. The van der Waals surface area contributed by atoms with Crippen molar-refractivity contribution in [2.45, 2.75) is 12.7 Å². The highest BCUT2D eigenvalue weighted by Crippen LogP contribution is 2.34. The first-order valence-electron chi connectivity index (χ1n) is 5.54. The van der Waals surface area contributed by atoms with Gasteiger partial charge in [-0.2, -0.15) is 13.2 Å². The van der Waals surface area contributed by atoms with Crippen molar-refractivity contribution in [1.82, 2.24) is 4.98 Å². The molecule has 1 heterocycles. The molecule has 0 unspecified atom stereocenters. The van der Waals surface area contributed by atoms with Gasteiger partial charge in [-0.1, -0.05) is 12.1 Å². The van der Waals surface area contributed by atoms with Gasteiger partial charge in [0.15, 0.2) is 0 Å². The minimum absolute atomic E-state index is 0.0485. The number of carbonyl (C=O) groups excluding carboxylic acids is 1. The number of thiazole rings is 1. The summed E-state index contributed by atoms with van der Waals surface area (Å²) < 4.78 is 38.3. The number of anilines is 1. The fourth-order valence-electron chi connectivity index (χ4n) is 1.53. The van der Waals surface area contributed by atoms with Crippen LogP contribution in [-0.2, 0) is 12.7 Å². The monoisotopic (exact) mass is 301 g/mol. The van der Waals surface area contributed by atoms with Gasteiger partial charge in [-0.3, -0.25) is 4.79 Å². The van der Waals surface area contributed by atoms with Crippen LogP contribution in [0.5, 0.6) is 0 Å². The molecule has 1 aromatic carbocycles. The first kappa shape index (κ1) is 14.5. The first-order valence-corrected chi connectivity index (χ1v) is 6.42.